The quantitative estimate of drug-likeness (QED) is 0.806. The first-order valence-electron chi connectivity index (χ1n) is 9.08. The smallest absolute Gasteiger partial charge is 0.0195 e. The lowest BCUT2D eigenvalue weighted by Crippen LogP contribution is -2.45. The summed E-state index contributed by atoms with van der Waals surface area (Å²) in [6, 6.07) is 2.58. The summed E-state index contributed by atoms with van der Waals surface area (Å²) in [6.07, 6.45) is 11.3. The van der Waals surface area contributed by atoms with E-state index in [1.807, 2.05) is 0 Å². The third-order valence-corrected chi connectivity index (χ3v) is 5.41. The molecule has 2 atom stereocenters. The largest absolute Gasteiger partial charge is 0.313 e. The molecule has 3 nitrogen and oxygen atoms in total. The Labute approximate surface area is 125 Å². The zero-order valence-electron chi connectivity index (χ0n) is 13.3. The lowest BCUT2D eigenvalue weighted by Gasteiger charge is -2.33. The van der Waals surface area contributed by atoms with Crippen molar-refractivity contribution in [1.82, 2.24) is 15.1 Å². The number of hydrogen-bond acceptors (Lipinski definition) is 3. The van der Waals surface area contributed by atoms with E-state index in [0.717, 1.165) is 18.1 Å². The van der Waals surface area contributed by atoms with Gasteiger partial charge in [-0.3, -0.25) is 4.90 Å². The van der Waals surface area contributed by atoms with Crippen molar-refractivity contribution in [2.24, 2.45) is 0 Å². The van der Waals surface area contributed by atoms with Crippen molar-refractivity contribution in [3.05, 3.63) is 0 Å². The Morgan fingerprint density at radius 3 is 2.55 bits per heavy atom. The first kappa shape index (κ1) is 14.8. The third kappa shape index (κ3) is 3.96. The Morgan fingerprint density at radius 1 is 1.00 bits per heavy atom. The molecule has 3 rings (SSSR count). The van der Waals surface area contributed by atoms with Crippen LogP contribution in [0.15, 0.2) is 0 Å². The van der Waals surface area contributed by atoms with E-state index in [0.29, 0.717) is 0 Å². The number of likely N-dealkylation sites (tertiary alicyclic amines) is 1. The second kappa shape index (κ2) is 7.24. The van der Waals surface area contributed by atoms with Gasteiger partial charge < -0.3 is 10.2 Å². The first-order valence-corrected chi connectivity index (χ1v) is 9.08. The van der Waals surface area contributed by atoms with Crippen LogP contribution < -0.4 is 5.32 Å². The van der Waals surface area contributed by atoms with Gasteiger partial charge in [-0.2, -0.15) is 0 Å². The molecule has 3 heteroatoms. The van der Waals surface area contributed by atoms with Gasteiger partial charge in [0, 0.05) is 24.7 Å². The van der Waals surface area contributed by atoms with Crippen LogP contribution in [0.3, 0.4) is 0 Å². The molecule has 2 aliphatic heterocycles. The first-order chi connectivity index (χ1) is 9.86. The predicted octanol–water partition coefficient (Wildman–Crippen LogP) is 2.47. The molecular formula is C17H33N3. The van der Waals surface area contributed by atoms with Crippen molar-refractivity contribution in [2.45, 2.75) is 76.4 Å². The highest BCUT2D eigenvalue weighted by atomic mass is 15.2. The van der Waals surface area contributed by atoms with Gasteiger partial charge in [0.25, 0.3) is 0 Å². The summed E-state index contributed by atoms with van der Waals surface area (Å²) >= 11 is 0. The summed E-state index contributed by atoms with van der Waals surface area (Å²) in [5.74, 6) is 0. The number of nitrogens with one attached hydrogen (secondary N) is 1. The lowest BCUT2D eigenvalue weighted by atomic mass is 10.1. The number of rotatable bonds is 6. The minimum Gasteiger partial charge on any atom is -0.313 e. The molecule has 116 valence electrons. The van der Waals surface area contributed by atoms with Gasteiger partial charge in [-0.15, -0.1) is 0 Å². The normalized spacial score (nSPS) is 32.7. The average molecular weight is 279 g/mol. The highest BCUT2D eigenvalue weighted by Crippen LogP contribution is 2.32. The molecule has 0 aromatic heterocycles. The van der Waals surface area contributed by atoms with Gasteiger partial charge in [0.05, 0.1) is 0 Å². The highest BCUT2D eigenvalue weighted by molar-refractivity contribution is 4.93. The molecule has 2 saturated heterocycles. The fraction of sp³-hybridized carbons (Fsp3) is 1.00. The van der Waals surface area contributed by atoms with Gasteiger partial charge >= 0.3 is 0 Å². The maximum Gasteiger partial charge on any atom is 0.0195 e. The molecular weight excluding hydrogens is 246 g/mol. The van der Waals surface area contributed by atoms with E-state index in [4.69, 9.17) is 0 Å². The maximum absolute atomic E-state index is 3.70. The molecule has 0 aromatic rings. The zero-order valence-corrected chi connectivity index (χ0v) is 13.3. The Hall–Kier alpha value is -0.120. The van der Waals surface area contributed by atoms with E-state index in [-0.39, 0.29) is 0 Å². The van der Waals surface area contributed by atoms with Crippen LogP contribution in [-0.2, 0) is 0 Å². The summed E-state index contributed by atoms with van der Waals surface area (Å²) in [5.41, 5.74) is 0. The van der Waals surface area contributed by atoms with Crippen LogP contribution in [0.25, 0.3) is 0 Å². The summed E-state index contributed by atoms with van der Waals surface area (Å²) < 4.78 is 0. The molecule has 0 radical (unpaired) electrons. The average Bonchev–Trinajstić information content (AvgIpc) is 3.21. The highest BCUT2D eigenvalue weighted by Gasteiger charge is 2.36. The Balaban J connectivity index is 1.53. The van der Waals surface area contributed by atoms with Crippen molar-refractivity contribution in [2.75, 3.05) is 32.7 Å². The molecule has 1 aliphatic carbocycles. The summed E-state index contributed by atoms with van der Waals surface area (Å²) in [5, 5.41) is 3.70. The van der Waals surface area contributed by atoms with Crippen molar-refractivity contribution in [3.8, 4) is 0 Å². The molecule has 0 bridgehead atoms. The SMILES string of the molecule is CCCN1CCCC(N(CC2CCCN2)C2CC2)CC1. The second-order valence-electron chi connectivity index (χ2n) is 7.15. The van der Waals surface area contributed by atoms with Gasteiger partial charge in [-0.05, 0) is 77.5 Å². The minimum atomic E-state index is 0.783. The second-order valence-corrected chi connectivity index (χ2v) is 7.15. The molecule has 3 aliphatic rings. The molecule has 1 N–H and O–H groups in total. The van der Waals surface area contributed by atoms with Crippen LogP contribution in [0.2, 0.25) is 0 Å². The zero-order chi connectivity index (χ0) is 13.8. The summed E-state index contributed by atoms with van der Waals surface area (Å²) in [6.45, 7) is 8.86. The van der Waals surface area contributed by atoms with Gasteiger partial charge in [0.1, 0.15) is 0 Å². The molecule has 0 spiro atoms. The molecule has 0 aromatic carbocycles. The standard InChI is InChI=1S/C17H33N3/c1-2-11-19-12-4-6-16(9-13-19)20(17-7-8-17)14-15-5-3-10-18-15/h15-18H,2-14H2,1H3. The molecule has 2 heterocycles. The van der Waals surface area contributed by atoms with Crippen molar-refractivity contribution >= 4 is 0 Å². The minimum absolute atomic E-state index is 0.783. The van der Waals surface area contributed by atoms with E-state index in [9.17, 15) is 0 Å². The van der Waals surface area contributed by atoms with Crippen LogP contribution >= 0.6 is 0 Å². The number of hydrogen-bond donors (Lipinski definition) is 1. The van der Waals surface area contributed by atoms with Crippen LogP contribution in [0.5, 0.6) is 0 Å². The molecule has 1 saturated carbocycles. The van der Waals surface area contributed by atoms with Crippen LogP contribution in [0.4, 0.5) is 0 Å². The van der Waals surface area contributed by atoms with Crippen LogP contribution in [0, 0.1) is 0 Å². The lowest BCUT2D eigenvalue weighted by molar-refractivity contribution is 0.153. The van der Waals surface area contributed by atoms with Gasteiger partial charge in [-0.25, -0.2) is 0 Å². The van der Waals surface area contributed by atoms with Gasteiger partial charge in [-0.1, -0.05) is 6.92 Å². The molecule has 0 amide bonds. The monoisotopic (exact) mass is 279 g/mol. The Kier molecular flexibility index (Phi) is 5.36. The summed E-state index contributed by atoms with van der Waals surface area (Å²) in [4.78, 5) is 5.59. The van der Waals surface area contributed by atoms with Crippen molar-refractivity contribution in [1.29, 1.82) is 0 Å². The predicted molar refractivity (Wildman–Crippen MR) is 85.1 cm³/mol. The summed E-state index contributed by atoms with van der Waals surface area (Å²) in [7, 11) is 0. The van der Waals surface area contributed by atoms with E-state index in [1.165, 1.54) is 84.1 Å². The maximum atomic E-state index is 3.70. The number of nitrogens with zero attached hydrogens (tertiary/aromatic N) is 2. The molecule has 3 fully saturated rings. The van der Waals surface area contributed by atoms with Gasteiger partial charge in [0.15, 0.2) is 0 Å². The Morgan fingerprint density at radius 2 is 1.85 bits per heavy atom. The third-order valence-electron chi connectivity index (χ3n) is 5.41. The van der Waals surface area contributed by atoms with Crippen LogP contribution in [-0.4, -0.2) is 60.6 Å². The molecule has 2 unspecified atom stereocenters. The van der Waals surface area contributed by atoms with Crippen molar-refractivity contribution in [3.63, 3.8) is 0 Å². The van der Waals surface area contributed by atoms with E-state index in [2.05, 4.69) is 22.0 Å². The van der Waals surface area contributed by atoms with Crippen molar-refractivity contribution < 1.29 is 0 Å². The van der Waals surface area contributed by atoms with E-state index in [1.54, 1.807) is 0 Å². The van der Waals surface area contributed by atoms with Gasteiger partial charge in [0.2, 0.25) is 0 Å². The molecule has 20 heavy (non-hydrogen) atoms. The topological polar surface area (TPSA) is 18.5 Å². The van der Waals surface area contributed by atoms with Crippen LogP contribution in [0.1, 0.15) is 58.3 Å². The fourth-order valence-corrected chi connectivity index (χ4v) is 4.18. The Bertz CT molecular complexity index is 284. The fourth-order valence-electron chi connectivity index (χ4n) is 4.18. The van der Waals surface area contributed by atoms with E-state index >= 15 is 0 Å². The van der Waals surface area contributed by atoms with E-state index < -0.39 is 0 Å².